The van der Waals surface area contributed by atoms with Crippen LogP contribution in [-0.4, -0.2) is 70.0 Å². The number of nitro groups is 2. The van der Waals surface area contributed by atoms with Crippen LogP contribution in [0.25, 0.3) is 0 Å². The zero-order chi connectivity index (χ0) is 27.0. The maximum Gasteiger partial charge on any atom is 0.238 e. The Balaban J connectivity index is 0.000000201. The SMILES string of the molecule is Cc1ccccc1[C@@H]1[C@@H]([N+](=O)[O-])CN(C)C1(C)C.Cc1ccccc1[C@H]1CN(C)C(C)(C)[C@@H]1[N+](=O)[O-]. The Morgan fingerprint density at radius 1 is 0.750 bits per heavy atom. The molecule has 2 saturated heterocycles. The first kappa shape index (κ1) is 27.7. The second kappa shape index (κ2) is 10.3. The van der Waals surface area contributed by atoms with E-state index in [1.54, 1.807) is 0 Å². The average Bonchev–Trinajstić information content (AvgIpc) is 3.17. The first-order valence-corrected chi connectivity index (χ1v) is 12.5. The van der Waals surface area contributed by atoms with Gasteiger partial charge in [0, 0.05) is 21.9 Å². The first-order chi connectivity index (χ1) is 16.7. The highest BCUT2D eigenvalue weighted by molar-refractivity contribution is 5.35. The van der Waals surface area contributed by atoms with E-state index in [-0.39, 0.29) is 27.2 Å². The normalized spacial score (nSPS) is 27.3. The summed E-state index contributed by atoms with van der Waals surface area (Å²) in [4.78, 5) is 26.7. The number of aryl methyl sites for hydroxylation is 2. The summed E-state index contributed by atoms with van der Waals surface area (Å²) in [6, 6.07) is 14.9. The van der Waals surface area contributed by atoms with E-state index in [2.05, 4.69) is 23.6 Å². The monoisotopic (exact) mass is 496 g/mol. The molecule has 0 aliphatic carbocycles. The molecular weight excluding hydrogens is 456 g/mol. The van der Waals surface area contributed by atoms with E-state index >= 15 is 0 Å². The minimum atomic E-state index is -0.552. The summed E-state index contributed by atoms with van der Waals surface area (Å²) >= 11 is 0. The molecule has 2 heterocycles. The molecule has 2 aromatic rings. The van der Waals surface area contributed by atoms with Crippen molar-refractivity contribution in [1.29, 1.82) is 0 Å². The molecule has 0 N–H and O–H groups in total. The van der Waals surface area contributed by atoms with Gasteiger partial charge in [0.05, 0.1) is 23.9 Å². The molecule has 0 aromatic heterocycles. The lowest BCUT2D eigenvalue weighted by Gasteiger charge is -2.33. The minimum absolute atomic E-state index is 0.0267. The first-order valence-electron chi connectivity index (χ1n) is 12.5. The van der Waals surface area contributed by atoms with E-state index < -0.39 is 17.6 Å². The fourth-order valence-corrected chi connectivity index (χ4v) is 6.07. The fraction of sp³-hybridized carbons (Fsp3) is 0.571. The lowest BCUT2D eigenvalue weighted by Crippen LogP contribution is -2.47. The number of likely N-dealkylation sites (N-methyl/N-ethyl adjacent to an activating group) is 2. The predicted octanol–water partition coefficient (Wildman–Crippen LogP) is 4.90. The van der Waals surface area contributed by atoms with E-state index in [1.807, 2.05) is 90.3 Å². The van der Waals surface area contributed by atoms with Gasteiger partial charge >= 0.3 is 0 Å². The van der Waals surface area contributed by atoms with Crippen LogP contribution in [0, 0.1) is 34.1 Å². The van der Waals surface area contributed by atoms with Gasteiger partial charge in [0.15, 0.2) is 0 Å². The van der Waals surface area contributed by atoms with Gasteiger partial charge in [0.25, 0.3) is 0 Å². The summed E-state index contributed by atoms with van der Waals surface area (Å²) in [6.07, 6.45) is 0. The van der Waals surface area contributed by atoms with Crippen LogP contribution in [0.15, 0.2) is 48.5 Å². The molecule has 4 rings (SSSR count). The van der Waals surface area contributed by atoms with E-state index in [1.165, 1.54) is 0 Å². The third kappa shape index (κ3) is 5.02. The van der Waals surface area contributed by atoms with E-state index in [9.17, 15) is 20.2 Å². The Hall–Kier alpha value is -2.84. The molecule has 0 saturated carbocycles. The summed E-state index contributed by atoms with van der Waals surface area (Å²) < 4.78 is 0. The van der Waals surface area contributed by atoms with Crippen molar-refractivity contribution >= 4 is 0 Å². The molecule has 0 unspecified atom stereocenters. The Morgan fingerprint density at radius 2 is 1.22 bits per heavy atom. The topological polar surface area (TPSA) is 92.8 Å². The van der Waals surface area contributed by atoms with Crippen LogP contribution in [0.3, 0.4) is 0 Å². The molecule has 0 bridgehead atoms. The van der Waals surface area contributed by atoms with Gasteiger partial charge in [-0.25, -0.2) is 0 Å². The van der Waals surface area contributed by atoms with Crippen molar-refractivity contribution in [3.05, 3.63) is 91.0 Å². The highest BCUT2D eigenvalue weighted by atomic mass is 16.6. The average molecular weight is 497 g/mol. The van der Waals surface area contributed by atoms with Gasteiger partial charge in [0.2, 0.25) is 12.1 Å². The third-order valence-electron chi connectivity index (χ3n) is 8.76. The number of rotatable bonds is 4. The predicted molar refractivity (Wildman–Crippen MR) is 143 cm³/mol. The lowest BCUT2D eigenvalue weighted by molar-refractivity contribution is -0.534. The van der Waals surface area contributed by atoms with Crippen molar-refractivity contribution in [3.63, 3.8) is 0 Å². The van der Waals surface area contributed by atoms with Crippen LogP contribution in [-0.2, 0) is 0 Å². The van der Waals surface area contributed by atoms with Crippen LogP contribution >= 0.6 is 0 Å². The number of hydrogen-bond acceptors (Lipinski definition) is 6. The number of hydrogen-bond donors (Lipinski definition) is 0. The molecule has 0 radical (unpaired) electrons. The molecule has 4 atom stereocenters. The standard InChI is InChI=1S/2C14H20N2O2/c1-10-7-5-6-8-11(10)13-12(16(17)18)9-15(4)14(13,2)3;1-10-7-5-6-8-11(10)12-9-15(4)14(2,3)13(12)16(17)18/h2*5-8,12-13H,9H2,1-4H3/t12-,13+;12-,13-/m01/s1. The van der Waals surface area contributed by atoms with Crippen molar-refractivity contribution in [3.8, 4) is 0 Å². The molecule has 2 aromatic carbocycles. The quantitative estimate of drug-likeness (QED) is 0.442. The van der Waals surface area contributed by atoms with Gasteiger partial charge in [-0.15, -0.1) is 0 Å². The zero-order valence-corrected chi connectivity index (χ0v) is 22.8. The van der Waals surface area contributed by atoms with Crippen LogP contribution in [0.2, 0.25) is 0 Å². The van der Waals surface area contributed by atoms with Crippen LogP contribution < -0.4 is 0 Å². The van der Waals surface area contributed by atoms with Crippen molar-refractivity contribution in [2.45, 2.75) is 76.5 Å². The van der Waals surface area contributed by atoms with Crippen molar-refractivity contribution in [2.24, 2.45) is 0 Å². The van der Waals surface area contributed by atoms with Crippen molar-refractivity contribution in [1.82, 2.24) is 9.80 Å². The largest absolute Gasteiger partial charge is 0.294 e. The van der Waals surface area contributed by atoms with Gasteiger partial charge < -0.3 is 0 Å². The second-order valence-electron chi connectivity index (χ2n) is 11.4. The molecule has 2 fully saturated rings. The third-order valence-corrected chi connectivity index (χ3v) is 8.76. The molecule has 36 heavy (non-hydrogen) atoms. The maximum atomic E-state index is 11.4. The molecule has 8 heteroatoms. The van der Waals surface area contributed by atoms with Crippen LogP contribution in [0.1, 0.15) is 61.8 Å². The van der Waals surface area contributed by atoms with E-state index in [4.69, 9.17) is 0 Å². The van der Waals surface area contributed by atoms with E-state index in [0.29, 0.717) is 6.54 Å². The minimum Gasteiger partial charge on any atom is -0.294 e. The van der Waals surface area contributed by atoms with Gasteiger partial charge in [-0.2, -0.15) is 0 Å². The van der Waals surface area contributed by atoms with Gasteiger partial charge in [0.1, 0.15) is 0 Å². The van der Waals surface area contributed by atoms with Gasteiger partial charge in [-0.3, -0.25) is 30.0 Å². The Bertz CT molecular complexity index is 1120. The Labute approximate surface area is 214 Å². The summed E-state index contributed by atoms with van der Waals surface area (Å²) in [5, 5.41) is 22.7. The maximum absolute atomic E-state index is 11.4. The molecular formula is C28H40N4O4. The zero-order valence-electron chi connectivity index (χ0n) is 22.8. The summed E-state index contributed by atoms with van der Waals surface area (Å²) in [6.45, 7) is 13.4. The molecule has 2 aliphatic heterocycles. The Kier molecular flexibility index (Phi) is 7.91. The summed E-state index contributed by atoms with van der Waals surface area (Å²) in [5.41, 5.74) is 3.89. The number of nitrogens with zero attached hydrogens (tertiary/aromatic N) is 4. The molecule has 0 spiro atoms. The van der Waals surface area contributed by atoms with Crippen molar-refractivity contribution < 1.29 is 9.85 Å². The highest BCUT2D eigenvalue weighted by Gasteiger charge is 2.55. The van der Waals surface area contributed by atoms with E-state index in [0.717, 1.165) is 28.8 Å². The molecule has 0 amide bonds. The van der Waals surface area contributed by atoms with Gasteiger partial charge in [-0.05, 0) is 77.9 Å². The van der Waals surface area contributed by atoms with Crippen LogP contribution in [0.4, 0.5) is 0 Å². The van der Waals surface area contributed by atoms with Crippen molar-refractivity contribution in [2.75, 3.05) is 27.2 Å². The molecule has 2 aliphatic rings. The second-order valence-corrected chi connectivity index (χ2v) is 11.4. The smallest absolute Gasteiger partial charge is 0.238 e. The lowest BCUT2D eigenvalue weighted by atomic mass is 9.79. The number of likely N-dealkylation sites (tertiary alicyclic amines) is 2. The number of benzene rings is 2. The fourth-order valence-electron chi connectivity index (χ4n) is 6.07. The van der Waals surface area contributed by atoms with Gasteiger partial charge in [-0.1, -0.05) is 48.5 Å². The Morgan fingerprint density at radius 3 is 1.69 bits per heavy atom. The molecule has 8 nitrogen and oxygen atoms in total. The highest BCUT2D eigenvalue weighted by Crippen LogP contribution is 2.43. The molecule has 196 valence electrons. The van der Waals surface area contributed by atoms with Crippen LogP contribution in [0.5, 0.6) is 0 Å². The summed E-state index contributed by atoms with van der Waals surface area (Å²) in [5.74, 6) is -0.0834. The summed E-state index contributed by atoms with van der Waals surface area (Å²) in [7, 11) is 3.93.